The lowest BCUT2D eigenvalue weighted by molar-refractivity contribution is -0.121. The lowest BCUT2D eigenvalue weighted by Crippen LogP contribution is -2.27. The number of halogens is 3. The normalized spacial score (nSPS) is 10.4. The standard InChI is InChI=1S/C20H21BrF2N2O3/c1-13-4-5-14(21)11-17(13)25-20(27)8-9-24-19(26)3-2-10-28-18-7-6-15(22)12-16(18)23/h4-7,11-12H,2-3,8-10H2,1H3,(H,24,26)(H,25,27). The van der Waals surface area contributed by atoms with E-state index in [1.165, 1.54) is 6.07 Å². The number of carbonyl (C=O) groups excluding carboxylic acids is 2. The van der Waals surface area contributed by atoms with Crippen LogP contribution < -0.4 is 15.4 Å². The van der Waals surface area contributed by atoms with E-state index >= 15 is 0 Å². The first-order valence-corrected chi connectivity index (χ1v) is 9.55. The lowest BCUT2D eigenvalue weighted by Gasteiger charge is -2.10. The average Bonchev–Trinajstić information content (AvgIpc) is 2.63. The predicted molar refractivity (Wildman–Crippen MR) is 106 cm³/mol. The Balaban J connectivity index is 1.61. The van der Waals surface area contributed by atoms with Crippen molar-refractivity contribution in [3.8, 4) is 5.75 Å². The molecule has 2 rings (SSSR count). The molecule has 0 saturated carbocycles. The van der Waals surface area contributed by atoms with E-state index in [2.05, 4.69) is 26.6 Å². The van der Waals surface area contributed by atoms with Crippen LogP contribution in [0.3, 0.4) is 0 Å². The van der Waals surface area contributed by atoms with Gasteiger partial charge in [0, 0.05) is 35.6 Å². The maximum Gasteiger partial charge on any atom is 0.226 e. The van der Waals surface area contributed by atoms with Crippen molar-refractivity contribution in [1.29, 1.82) is 0 Å². The molecule has 150 valence electrons. The van der Waals surface area contributed by atoms with Crippen LogP contribution in [0, 0.1) is 18.6 Å². The Hall–Kier alpha value is -2.48. The summed E-state index contributed by atoms with van der Waals surface area (Å²) in [5.74, 6) is -1.94. The zero-order valence-corrected chi connectivity index (χ0v) is 16.9. The molecule has 28 heavy (non-hydrogen) atoms. The van der Waals surface area contributed by atoms with Gasteiger partial charge in [-0.1, -0.05) is 22.0 Å². The van der Waals surface area contributed by atoms with Crippen molar-refractivity contribution < 1.29 is 23.1 Å². The van der Waals surface area contributed by atoms with Gasteiger partial charge >= 0.3 is 0 Å². The minimum Gasteiger partial charge on any atom is -0.491 e. The van der Waals surface area contributed by atoms with Gasteiger partial charge in [0.05, 0.1) is 6.61 Å². The van der Waals surface area contributed by atoms with Crippen molar-refractivity contribution in [1.82, 2.24) is 5.32 Å². The van der Waals surface area contributed by atoms with Crippen LogP contribution in [-0.4, -0.2) is 25.0 Å². The van der Waals surface area contributed by atoms with E-state index in [4.69, 9.17) is 4.74 Å². The highest BCUT2D eigenvalue weighted by Crippen LogP contribution is 2.20. The number of anilines is 1. The molecule has 0 aromatic heterocycles. The molecule has 2 aromatic carbocycles. The number of aryl methyl sites for hydroxylation is 1. The summed E-state index contributed by atoms with van der Waals surface area (Å²) in [4.78, 5) is 23.7. The Labute approximate surface area is 170 Å². The van der Waals surface area contributed by atoms with Crippen LogP contribution in [-0.2, 0) is 9.59 Å². The third-order valence-corrected chi connectivity index (χ3v) is 4.34. The molecule has 2 N–H and O–H groups in total. The van der Waals surface area contributed by atoms with Gasteiger partial charge in [-0.25, -0.2) is 8.78 Å². The van der Waals surface area contributed by atoms with Crippen LogP contribution in [0.25, 0.3) is 0 Å². The highest BCUT2D eigenvalue weighted by Gasteiger charge is 2.08. The second kappa shape index (κ2) is 10.8. The van der Waals surface area contributed by atoms with Gasteiger partial charge < -0.3 is 15.4 Å². The number of carbonyl (C=O) groups is 2. The van der Waals surface area contributed by atoms with Gasteiger partial charge in [0.25, 0.3) is 0 Å². The Morgan fingerprint density at radius 3 is 2.61 bits per heavy atom. The number of hydrogen-bond donors (Lipinski definition) is 2. The summed E-state index contributed by atoms with van der Waals surface area (Å²) in [6.45, 7) is 2.23. The average molecular weight is 455 g/mol. The Morgan fingerprint density at radius 2 is 1.86 bits per heavy atom. The van der Waals surface area contributed by atoms with Crippen LogP contribution in [0.1, 0.15) is 24.8 Å². The lowest BCUT2D eigenvalue weighted by atomic mass is 10.2. The maximum atomic E-state index is 13.4. The second-order valence-electron chi connectivity index (χ2n) is 6.13. The summed E-state index contributed by atoms with van der Waals surface area (Å²) in [5, 5.41) is 5.46. The molecule has 0 atom stereocenters. The van der Waals surface area contributed by atoms with Crippen molar-refractivity contribution in [3.63, 3.8) is 0 Å². The van der Waals surface area contributed by atoms with E-state index in [-0.39, 0.29) is 43.6 Å². The molecule has 0 aliphatic rings. The van der Waals surface area contributed by atoms with E-state index in [1.807, 2.05) is 25.1 Å². The first-order valence-electron chi connectivity index (χ1n) is 8.75. The Morgan fingerprint density at radius 1 is 1.07 bits per heavy atom. The highest BCUT2D eigenvalue weighted by molar-refractivity contribution is 9.10. The summed E-state index contributed by atoms with van der Waals surface area (Å²) in [6, 6.07) is 8.64. The molecule has 8 heteroatoms. The van der Waals surface area contributed by atoms with E-state index in [0.29, 0.717) is 6.42 Å². The highest BCUT2D eigenvalue weighted by atomic mass is 79.9. The van der Waals surface area contributed by atoms with Gasteiger partial charge in [-0.2, -0.15) is 0 Å². The minimum absolute atomic E-state index is 0.0543. The minimum atomic E-state index is -0.781. The van der Waals surface area contributed by atoms with Crippen molar-refractivity contribution in [2.24, 2.45) is 0 Å². The number of benzene rings is 2. The molecule has 0 spiro atoms. The van der Waals surface area contributed by atoms with Crippen molar-refractivity contribution in [3.05, 3.63) is 58.1 Å². The number of ether oxygens (including phenoxy) is 1. The second-order valence-corrected chi connectivity index (χ2v) is 7.05. The fourth-order valence-electron chi connectivity index (χ4n) is 2.35. The number of rotatable bonds is 9. The van der Waals surface area contributed by atoms with Gasteiger partial charge in [-0.15, -0.1) is 0 Å². The fourth-order valence-corrected chi connectivity index (χ4v) is 2.71. The number of hydrogen-bond acceptors (Lipinski definition) is 3. The van der Waals surface area contributed by atoms with Crippen molar-refractivity contribution in [2.45, 2.75) is 26.2 Å². The Kier molecular flexibility index (Phi) is 8.38. The molecule has 0 aliphatic heterocycles. The molecule has 0 heterocycles. The van der Waals surface area contributed by atoms with Crippen LogP contribution in [0.5, 0.6) is 5.75 Å². The van der Waals surface area contributed by atoms with Crippen LogP contribution in [0.2, 0.25) is 0 Å². The summed E-state index contributed by atoms with van der Waals surface area (Å²) in [5.41, 5.74) is 1.66. The molecule has 0 unspecified atom stereocenters. The van der Waals surface area contributed by atoms with E-state index in [9.17, 15) is 18.4 Å². The van der Waals surface area contributed by atoms with Crippen molar-refractivity contribution in [2.75, 3.05) is 18.5 Å². The maximum absolute atomic E-state index is 13.4. The molecule has 0 fully saturated rings. The molecule has 2 aromatic rings. The summed E-state index contributed by atoms with van der Waals surface area (Å²) < 4.78 is 32.2. The number of nitrogens with one attached hydrogen (secondary N) is 2. The van der Waals surface area contributed by atoms with Gasteiger partial charge in [-0.3, -0.25) is 9.59 Å². The van der Waals surface area contributed by atoms with E-state index < -0.39 is 11.6 Å². The largest absolute Gasteiger partial charge is 0.491 e. The van der Waals surface area contributed by atoms with Crippen LogP contribution in [0.4, 0.5) is 14.5 Å². The molecule has 0 bridgehead atoms. The SMILES string of the molecule is Cc1ccc(Br)cc1NC(=O)CCNC(=O)CCCOc1ccc(F)cc1F. The van der Waals surface area contributed by atoms with Gasteiger partial charge in [-0.05, 0) is 43.2 Å². The number of amides is 2. The molecule has 5 nitrogen and oxygen atoms in total. The van der Waals surface area contributed by atoms with E-state index in [1.54, 1.807) is 0 Å². The monoisotopic (exact) mass is 454 g/mol. The molecular formula is C20H21BrF2N2O3. The van der Waals surface area contributed by atoms with E-state index in [0.717, 1.165) is 27.9 Å². The van der Waals surface area contributed by atoms with Crippen LogP contribution >= 0.6 is 15.9 Å². The Bertz CT molecular complexity index is 846. The first kappa shape index (κ1) is 21.8. The fraction of sp³-hybridized carbons (Fsp3) is 0.300. The predicted octanol–water partition coefficient (Wildman–Crippen LogP) is 4.34. The zero-order valence-electron chi connectivity index (χ0n) is 15.4. The quantitative estimate of drug-likeness (QED) is 0.553. The van der Waals surface area contributed by atoms with Gasteiger partial charge in [0.2, 0.25) is 11.8 Å². The van der Waals surface area contributed by atoms with Crippen molar-refractivity contribution >= 4 is 33.4 Å². The third-order valence-electron chi connectivity index (χ3n) is 3.85. The molecular weight excluding hydrogens is 434 g/mol. The van der Waals surface area contributed by atoms with Crippen LogP contribution in [0.15, 0.2) is 40.9 Å². The zero-order chi connectivity index (χ0) is 20.5. The molecule has 0 radical (unpaired) electrons. The molecule has 0 saturated heterocycles. The third kappa shape index (κ3) is 7.26. The summed E-state index contributed by atoms with van der Waals surface area (Å²) >= 11 is 3.35. The summed E-state index contributed by atoms with van der Waals surface area (Å²) in [7, 11) is 0. The topological polar surface area (TPSA) is 67.4 Å². The molecule has 2 amide bonds. The van der Waals surface area contributed by atoms with Gasteiger partial charge in [0.1, 0.15) is 5.82 Å². The first-order chi connectivity index (χ1) is 13.3. The summed E-state index contributed by atoms with van der Waals surface area (Å²) in [6.07, 6.45) is 0.691. The molecule has 0 aliphatic carbocycles. The van der Waals surface area contributed by atoms with Gasteiger partial charge in [0.15, 0.2) is 11.6 Å². The smallest absolute Gasteiger partial charge is 0.226 e.